The molecule has 6 rings (SSSR count). The first-order valence-corrected chi connectivity index (χ1v) is 16.6. The number of amides is 2. The largest absolute Gasteiger partial charge is 0.493 e. The molecule has 1 N–H and O–H groups in total. The first-order chi connectivity index (χ1) is 22.9. The van der Waals surface area contributed by atoms with Crippen molar-refractivity contribution in [2.45, 2.75) is 71.8 Å². The maximum atomic E-state index is 13.4. The molecule has 47 heavy (non-hydrogen) atoms. The molecule has 0 saturated heterocycles. The summed E-state index contributed by atoms with van der Waals surface area (Å²) in [6.45, 7) is 5.67. The summed E-state index contributed by atoms with van der Waals surface area (Å²) in [6.07, 6.45) is 10.2. The van der Waals surface area contributed by atoms with E-state index in [4.69, 9.17) is 9.57 Å². The number of hydrogen-bond donors (Lipinski definition) is 1. The van der Waals surface area contributed by atoms with Crippen molar-refractivity contribution >= 4 is 23.5 Å². The van der Waals surface area contributed by atoms with Gasteiger partial charge in [-0.2, -0.15) is 10.6 Å². The van der Waals surface area contributed by atoms with Crippen LogP contribution in [0, 0.1) is 19.8 Å². The smallest absolute Gasteiger partial charge is 0.335 e. The zero-order valence-electron chi connectivity index (χ0n) is 27.2. The van der Waals surface area contributed by atoms with Gasteiger partial charge in [0.2, 0.25) is 5.91 Å². The third-order valence-electron chi connectivity index (χ3n) is 9.37. The SMILES string of the molecule is Cc1cccc(OCCCC(=O)N2CCCc3c(-c4cnn(Cc5ccccc5C(=O)NOC(=O)C5CCCC5)c4)cccc32)c1C. The summed E-state index contributed by atoms with van der Waals surface area (Å²) in [7, 11) is 0. The lowest BCUT2D eigenvalue weighted by Gasteiger charge is -2.31. The number of aromatic nitrogens is 2. The van der Waals surface area contributed by atoms with Crippen molar-refractivity contribution in [2.75, 3.05) is 18.1 Å². The van der Waals surface area contributed by atoms with E-state index in [1.165, 1.54) is 5.56 Å². The highest BCUT2D eigenvalue weighted by atomic mass is 16.7. The van der Waals surface area contributed by atoms with Crippen molar-refractivity contribution < 1.29 is 24.0 Å². The Kier molecular flexibility index (Phi) is 10.00. The average molecular weight is 635 g/mol. The van der Waals surface area contributed by atoms with Crippen molar-refractivity contribution in [2.24, 2.45) is 5.92 Å². The maximum Gasteiger partial charge on any atom is 0.335 e. The van der Waals surface area contributed by atoms with E-state index in [0.29, 0.717) is 38.1 Å². The number of carbonyl (C=O) groups excluding carboxylic acids is 3. The highest BCUT2D eigenvalue weighted by Gasteiger charge is 2.26. The van der Waals surface area contributed by atoms with Crippen LogP contribution in [-0.2, 0) is 27.4 Å². The van der Waals surface area contributed by atoms with Crippen LogP contribution < -0.4 is 15.1 Å². The Balaban J connectivity index is 1.10. The summed E-state index contributed by atoms with van der Waals surface area (Å²) < 4.78 is 7.78. The summed E-state index contributed by atoms with van der Waals surface area (Å²) in [5, 5.41) is 4.61. The number of ether oxygens (including phenoxy) is 1. The molecule has 9 heteroatoms. The molecule has 0 radical (unpaired) electrons. The standard InChI is InChI=1S/C38H42N4O5/c1-26-11-7-19-35(27(26)2)46-22-10-20-36(43)42-21-9-17-33-31(16-8-18-34(33)42)30-23-39-41(25-30)24-29-14-5-6-15-32(29)37(44)40-47-38(45)28-12-3-4-13-28/h5-8,11,14-16,18-19,23,25,28H,3-4,9-10,12-13,17,20-22,24H2,1-2H3,(H,40,44). The number of fused-ring (bicyclic) bond motifs is 1. The predicted molar refractivity (Wildman–Crippen MR) is 180 cm³/mol. The zero-order chi connectivity index (χ0) is 32.8. The van der Waals surface area contributed by atoms with Gasteiger partial charge in [0.15, 0.2) is 0 Å². The van der Waals surface area contributed by atoms with Gasteiger partial charge in [-0.15, -0.1) is 0 Å². The third kappa shape index (κ3) is 7.40. The van der Waals surface area contributed by atoms with Crippen LogP contribution in [0.15, 0.2) is 73.1 Å². The first kappa shape index (κ1) is 32.0. The van der Waals surface area contributed by atoms with Crippen LogP contribution in [0.25, 0.3) is 11.1 Å². The van der Waals surface area contributed by atoms with E-state index >= 15 is 0 Å². The van der Waals surface area contributed by atoms with Crippen molar-refractivity contribution in [1.82, 2.24) is 15.3 Å². The van der Waals surface area contributed by atoms with Crippen LogP contribution in [0.3, 0.4) is 0 Å². The molecule has 1 aliphatic carbocycles. The van der Waals surface area contributed by atoms with Crippen LogP contribution in [0.5, 0.6) is 5.75 Å². The molecule has 0 atom stereocenters. The van der Waals surface area contributed by atoms with Crippen LogP contribution in [-0.4, -0.2) is 40.7 Å². The number of nitrogens with one attached hydrogen (secondary N) is 1. The number of hydroxylamine groups is 1. The molecular formula is C38H42N4O5. The zero-order valence-corrected chi connectivity index (χ0v) is 27.2. The Bertz CT molecular complexity index is 1760. The normalized spacial score (nSPS) is 14.5. The van der Waals surface area contributed by atoms with E-state index in [9.17, 15) is 14.4 Å². The summed E-state index contributed by atoms with van der Waals surface area (Å²) in [5.41, 5.74) is 9.95. The minimum Gasteiger partial charge on any atom is -0.493 e. The highest BCUT2D eigenvalue weighted by Crippen LogP contribution is 2.36. The van der Waals surface area contributed by atoms with Crippen LogP contribution in [0.4, 0.5) is 5.69 Å². The third-order valence-corrected chi connectivity index (χ3v) is 9.37. The predicted octanol–water partition coefficient (Wildman–Crippen LogP) is 6.73. The van der Waals surface area contributed by atoms with Crippen molar-refractivity contribution in [1.29, 1.82) is 0 Å². The number of hydrogen-bond acceptors (Lipinski definition) is 6. The molecular weight excluding hydrogens is 592 g/mol. The minimum atomic E-state index is -0.460. The Labute approximate surface area is 275 Å². The number of benzene rings is 3. The molecule has 2 heterocycles. The molecule has 2 aliphatic rings. The Morgan fingerprint density at radius 1 is 0.957 bits per heavy atom. The van der Waals surface area contributed by atoms with Crippen molar-refractivity contribution in [3.63, 3.8) is 0 Å². The van der Waals surface area contributed by atoms with Gasteiger partial charge in [0.25, 0.3) is 5.91 Å². The van der Waals surface area contributed by atoms with Gasteiger partial charge in [0.1, 0.15) is 5.75 Å². The Hall–Kier alpha value is -4.92. The fourth-order valence-corrected chi connectivity index (χ4v) is 6.62. The monoisotopic (exact) mass is 634 g/mol. The van der Waals surface area contributed by atoms with Gasteiger partial charge in [-0.05, 0) is 92.0 Å². The highest BCUT2D eigenvalue weighted by molar-refractivity contribution is 5.96. The second kappa shape index (κ2) is 14.7. The Morgan fingerprint density at radius 3 is 2.62 bits per heavy atom. The van der Waals surface area contributed by atoms with Gasteiger partial charge in [-0.3, -0.25) is 14.3 Å². The molecule has 0 bridgehead atoms. The van der Waals surface area contributed by atoms with Crippen LogP contribution in [0.1, 0.15) is 77.6 Å². The molecule has 3 aromatic carbocycles. The first-order valence-electron chi connectivity index (χ1n) is 16.6. The van der Waals surface area contributed by atoms with Crippen molar-refractivity contribution in [3.8, 4) is 16.9 Å². The summed E-state index contributed by atoms with van der Waals surface area (Å²) in [5.74, 6) is -0.00277. The maximum absolute atomic E-state index is 13.4. The minimum absolute atomic E-state index is 0.104. The second-order valence-corrected chi connectivity index (χ2v) is 12.5. The lowest BCUT2D eigenvalue weighted by molar-refractivity contribution is -0.153. The molecule has 1 fully saturated rings. The average Bonchev–Trinajstić information content (AvgIpc) is 3.80. The second-order valence-electron chi connectivity index (χ2n) is 12.5. The molecule has 1 aliphatic heterocycles. The summed E-state index contributed by atoms with van der Waals surface area (Å²) in [4.78, 5) is 45.7. The molecule has 0 unspecified atom stereocenters. The van der Waals surface area contributed by atoms with E-state index in [1.807, 2.05) is 53.7 Å². The van der Waals surface area contributed by atoms with Gasteiger partial charge in [0, 0.05) is 36.0 Å². The van der Waals surface area contributed by atoms with Gasteiger partial charge < -0.3 is 14.5 Å². The van der Waals surface area contributed by atoms with Crippen LogP contribution in [0.2, 0.25) is 0 Å². The van der Waals surface area contributed by atoms with E-state index in [2.05, 4.69) is 36.6 Å². The van der Waals surface area contributed by atoms with Crippen LogP contribution >= 0.6 is 0 Å². The Morgan fingerprint density at radius 2 is 1.77 bits per heavy atom. The number of anilines is 1. The molecule has 1 saturated carbocycles. The quantitative estimate of drug-likeness (QED) is 0.153. The lowest BCUT2D eigenvalue weighted by Crippen LogP contribution is -2.35. The van der Waals surface area contributed by atoms with E-state index in [-0.39, 0.29) is 17.8 Å². The summed E-state index contributed by atoms with van der Waals surface area (Å²) >= 11 is 0. The van der Waals surface area contributed by atoms with E-state index < -0.39 is 5.91 Å². The lowest BCUT2D eigenvalue weighted by atomic mass is 9.93. The van der Waals surface area contributed by atoms with Crippen molar-refractivity contribution in [3.05, 3.63) is 101 Å². The molecule has 2 amide bonds. The van der Waals surface area contributed by atoms with Gasteiger partial charge >= 0.3 is 5.97 Å². The molecule has 9 nitrogen and oxygen atoms in total. The van der Waals surface area contributed by atoms with E-state index in [0.717, 1.165) is 77.8 Å². The molecule has 4 aromatic rings. The molecule has 1 aromatic heterocycles. The van der Waals surface area contributed by atoms with Gasteiger partial charge in [0.05, 0.1) is 25.3 Å². The van der Waals surface area contributed by atoms with Gasteiger partial charge in [-0.1, -0.05) is 55.3 Å². The molecule has 244 valence electrons. The fourth-order valence-electron chi connectivity index (χ4n) is 6.62. The number of aryl methyl sites for hydroxylation is 1. The van der Waals surface area contributed by atoms with E-state index in [1.54, 1.807) is 16.8 Å². The topological polar surface area (TPSA) is 103 Å². The van der Waals surface area contributed by atoms with Gasteiger partial charge in [-0.25, -0.2) is 4.79 Å². The fraction of sp³-hybridized carbons (Fsp3) is 0.368. The molecule has 0 spiro atoms. The number of rotatable bonds is 10. The summed E-state index contributed by atoms with van der Waals surface area (Å²) in [6, 6.07) is 19.4. The number of carbonyl (C=O) groups is 3. The number of nitrogens with zero attached hydrogens (tertiary/aromatic N) is 3.